The van der Waals surface area contributed by atoms with Gasteiger partial charge >= 0.3 is 5.97 Å². The number of carbonyl (C=O) groups is 2. The van der Waals surface area contributed by atoms with E-state index in [0.717, 1.165) is 27.2 Å². The summed E-state index contributed by atoms with van der Waals surface area (Å²) in [6, 6.07) is 8.22. The molecule has 3 heterocycles. The van der Waals surface area contributed by atoms with Crippen LogP contribution in [0.1, 0.15) is 34.6 Å². The van der Waals surface area contributed by atoms with Gasteiger partial charge in [-0.05, 0) is 31.9 Å². The van der Waals surface area contributed by atoms with Crippen LogP contribution in [0.4, 0.5) is 5.00 Å². The Balaban J connectivity index is 1.52. The molecule has 3 aromatic heterocycles. The third kappa shape index (κ3) is 4.55. The highest BCUT2D eigenvalue weighted by Crippen LogP contribution is 2.36. The van der Waals surface area contributed by atoms with Crippen molar-refractivity contribution >= 4 is 61.4 Å². The van der Waals surface area contributed by atoms with Crippen LogP contribution < -0.4 is 5.32 Å². The standard InChI is InChI=1S/C23H24N4O3S3/c1-5-14-13(3)33-21(19(14)22(29)30-4)24-18(28)12-32-23-26-25-20(27(23)6-2)16-11-31-17-10-8-7-9-15(16)17/h7-11H,5-6,12H2,1-4H3,(H,24,28). The lowest BCUT2D eigenvalue weighted by Gasteiger charge is -2.08. The predicted molar refractivity (Wildman–Crippen MR) is 136 cm³/mol. The number of hydrogen-bond acceptors (Lipinski definition) is 8. The summed E-state index contributed by atoms with van der Waals surface area (Å²) in [6.07, 6.45) is 0.692. The van der Waals surface area contributed by atoms with Crippen LogP contribution in [0.3, 0.4) is 0 Å². The Morgan fingerprint density at radius 2 is 2.00 bits per heavy atom. The lowest BCUT2D eigenvalue weighted by molar-refractivity contribution is -0.113. The monoisotopic (exact) mass is 500 g/mol. The van der Waals surface area contributed by atoms with Crippen molar-refractivity contribution in [2.75, 3.05) is 18.2 Å². The van der Waals surface area contributed by atoms with Gasteiger partial charge in [-0.2, -0.15) is 0 Å². The molecule has 33 heavy (non-hydrogen) atoms. The highest BCUT2D eigenvalue weighted by molar-refractivity contribution is 7.99. The fourth-order valence-electron chi connectivity index (χ4n) is 3.73. The Bertz CT molecular complexity index is 1320. The molecule has 7 nitrogen and oxygen atoms in total. The number of nitrogens with zero attached hydrogens (tertiary/aromatic N) is 3. The fraction of sp³-hybridized carbons (Fsp3) is 0.304. The third-order valence-corrected chi connectivity index (χ3v) is 8.29. The van der Waals surface area contributed by atoms with Gasteiger partial charge in [-0.1, -0.05) is 36.9 Å². The van der Waals surface area contributed by atoms with E-state index in [9.17, 15) is 9.59 Å². The number of hydrogen-bond donors (Lipinski definition) is 1. The number of ether oxygens (including phenoxy) is 1. The zero-order valence-electron chi connectivity index (χ0n) is 18.8. The molecule has 0 aliphatic heterocycles. The normalized spacial score (nSPS) is 11.2. The van der Waals surface area contributed by atoms with Crippen molar-refractivity contribution in [2.45, 2.75) is 38.9 Å². The fourth-order valence-corrected chi connectivity index (χ4v) is 6.62. The molecule has 0 bridgehead atoms. The Morgan fingerprint density at radius 3 is 2.73 bits per heavy atom. The first-order valence-electron chi connectivity index (χ1n) is 10.5. The third-order valence-electron chi connectivity index (χ3n) is 5.29. The van der Waals surface area contributed by atoms with Gasteiger partial charge in [0.2, 0.25) is 5.91 Å². The maximum Gasteiger partial charge on any atom is 0.341 e. The van der Waals surface area contributed by atoms with Gasteiger partial charge in [-0.3, -0.25) is 4.79 Å². The van der Waals surface area contributed by atoms with Crippen molar-refractivity contribution in [3.8, 4) is 11.4 Å². The molecule has 1 amide bonds. The lowest BCUT2D eigenvalue weighted by Crippen LogP contribution is -2.16. The molecule has 0 fully saturated rings. The molecule has 0 aliphatic rings. The Morgan fingerprint density at radius 1 is 1.21 bits per heavy atom. The van der Waals surface area contributed by atoms with E-state index in [1.165, 1.54) is 34.9 Å². The highest BCUT2D eigenvalue weighted by Gasteiger charge is 2.23. The number of thiophene rings is 2. The number of anilines is 1. The number of aromatic nitrogens is 3. The maximum atomic E-state index is 12.7. The smallest absolute Gasteiger partial charge is 0.341 e. The predicted octanol–water partition coefficient (Wildman–Crippen LogP) is 5.63. The van der Waals surface area contributed by atoms with Crippen LogP contribution in [-0.2, 0) is 22.5 Å². The summed E-state index contributed by atoms with van der Waals surface area (Å²) in [5.74, 6) is 0.314. The number of benzene rings is 1. The van der Waals surface area contributed by atoms with E-state index in [0.29, 0.717) is 28.7 Å². The van der Waals surface area contributed by atoms with Crippen LogP contribution >= 0.6 is 34.4 Å². The van der Waals surface area contributed by atoms with Crippen LogP contribution in [0, 0.1) is 6.92 Å². The zero-order chi connectivity index (χ0) is 23.5. The number of carbonyl (C=O) groups excluding carboxylic acids is 2. The van der Waals surface area contributed by atoms with Crippen LogP contribution in [-0.4, -0.2) is 39.5 Å². The molecule has 4 aromatic rings. The van der Waals surface area contributed by atoms with Crippen LogP contribution in [0.5, 0.6) is 0 Å². The number of rotatable bonds is 8. The molecule has 172 valence electrons. The Kier molecular flexibility index (Phi) is 7.16. The van der Waals surface area contributed by atoms with E-state index in [1.54, 1.807) is 11.3 Å². The summed E-state index contributed by atoms with van der Waals surface area (Å²) in [4.78, 5) is 26.0. The minimum absolute atomic E-state index is 0.154. The number of nitrogens with one attached hydrogen (secondary N) is 1. The molecule has 0 saturated carbocycles. The first-order chi connectivity index (χ1) is 16.0. The zero-order valence-corrected chi connectivity index (χ0v) is 21.2. The Labute approximate surface area is 204 Å². The molecule has 10 heteroatoms. The van der Waals surface area contributed by atoms with E-state index >= 15 is 0 Å². The first kappa shape index (κ1) is 23.5. The highest BCUT2D eigenvalue weighted by atomic mass is 32.2. The SMILES string of the molecule is CCc1c(C)sc(NC(=O)CSc2nnc(-c3csc4ccccc34)n2CC)c1C(=O)OC. The summed E-state index contributed by atoms with van der Waals surface area (Å²) in [6.45, 7) is 6.65. The van der Waals surface area contributed by atoms with E-state index in [2.05, 4.69) is 33.0 Å². The van der Waals surface area contributed by atoms with E-state index in [4.69, 9.17) is 4.74 Å². The molecule has 4 rings (SSSR count). The summed E-state index contributed by atoms with van der Waals surface area (Å²) in [5, 5.41) is 16.1. The van der Waals surface area contributed by atoms with E-state index in [1.807, 2.05) is 37.5 Å². The van der Waals surface area contributed by atoms with Gasteiger partial charge in [0.25, 0.3) is 0 Å². The summed E-state index contributed by atoms with van der Waals surface area (Å²) < 4.78 is 8.16. The molecule has 0 unspecified atom stereocenters. The van der Waals surface area contributed by atoms with E-state index < -0.39 is 5.97 Å². The average molecular weight is 501 g/mol. The molecule has 1 aromatic carbocycles. The van der Waals surface area contributed by atoms with Gasteiger partial charge in [-0.25, -0.2) is 4.79 Å². The molecule has 0 aliphatic carbocycles. The largest absolute Gasteiger partial charge is 0.465 e. The molecule has 0 saturated heterocycles. The minimum atomic E-state index is -0.433. The van der Waals surface area contributed by atoms with Crippen molar-refractivity contribution in [2.24, 2.45) is 0 Å². The Hall–Kier alpha value is -2.69. The minimum Gasteiger partial charge on any atom is -0.465 e. The summed E-state index contributed by atoms with van der Waals surface area (Å²) in [5.41, 5.74) is 2.41. The number of methoxy groups -OCH3 is 1. The molecular formula is C23H24N4O3S3. The van der Waals surface area contributed by atoms with Crippen molar-refractivity contribution in [3.63, 3.8) is 0 Å². The van der Waals surface area contributed by atoms with Crippen molar-refractivity contribution < 1.29 is 14.3 Å². The number of esters is 1. The van der Waals surface area contributed by atoms with E-state index in [-0.39, 0.29) is 11.7 Å². The quantitative estimate of drug-likeness (QED) is 0.249. The van der Waals surface area contributed by atoms with Crippen LogP contribution in [0.15, 0.2) is 34.8 Å². The molecule has 0 radical (unpaired) electrons. The summed E-state index contributed by atoms with van der Waals surface area (Å²) in [7, 11) is 1.35. The van der Waals surface area contributed by atoms with Gasteiger partial charge in [-0.15, -0.1) is 32.9 Å². The summed E-state index contributed by atoms with van der Waals surface area (Å²) >= 11 is 4.40. The maximum absolute atomic E-state index is 12.7. The second kappa shape index (κ2) is 10.1. The van der Waals surface area contributed by atoms with Gasteiger partial charge < -0.3 is 14.6 Å². The van der Waals surface area contributed by atoms with Crippen molar-refractivity contribution in [3.05, 3.63) is 45.6 Å². The van der Waals surface area contributed by atoms with Crippen LogP contribution in [0.2, 0.25) is 0 Å². The van der Waals surface area contributed by atoms with Gasteiger partial charge in [0.1, 0.15) is 5.00 Å². The average Bonchev–Trinajstić information content (AvgIpc) is 3.51. The lowest BCUT2D eigenvalue weighted by atomic mass is 10.1. The molecule has 0 atom stereocenters. The van der Waals surface area contributed by atoms with Crippen molar-refractivity contribution in [1.82, 2.24) is 14.8 Å². The molecular weight excluding hydrogens is 476 g/mol. The number of fused-ring (bicyclic) bond motifs is 1. The van der Waals surface area contributed by atoms with Gasteiger partial charge in [0, 0.05) is 32.5 Å². The number of thioether (sulfide) groups is 1. The van der Waals surface area contributed by atoms with Crippen molar-refractivity contribution in [1.29, 1.82) is 0 Å². The van der Waals surface area contributed by atoms with Gasteiger partial charge in [0.05, 0.1) is 18.4 Å². The topological polar surface area (TPSA) is 86.1 Å². The number of amides is 1. The second-order valence-corrected chi connectivity index (χ2v) is 10.3. The molecule has 1 N–H and O–H groups in total. The van der Waals surface area contributed by atoms with Crippen LogP contribution in [0.25, 0.3) is 21.5 Å². The second-order valence-electron chi connectivity index (χ2n) is 7.22. The molecule has 0 spiro atoms. The number of aryl methyl sites for hydroxylation is 1. The van der Waals surface area contributed by atoms with Gasteiger partial charge in [0.15, 0.2) is 11.0 Å². The first-order valence-corrected chi connectivity index (χ1v) is 13.2.